The summed E-state index contributed by atoms with van der Waals surface area (Å²) in [6, 6.07) is 14.4. The Morgan fingerprint density at radius 2 is 1.74 bits per heavy atom. The number of carbonyl (C=O) groups excluding carboxylic acids is 2. The zero-order valence-electron chi connectivity index (χ0n) is 19.5. The molecular formula is C27H27N5O3. The van der Waals surface area contributed by atoms with Gasteiger partial charge in [-0.1, -0.05) is 30.3 Å². The predicted octanol–water partition coefficient (Wildman–Crippen LogP) is 2.78. The Hall–Kier alpha value is -3.81. The summed E-state index contributed by atoms with van der Waals surface area (Å²) in [4.78, 5) is 52.4. The molecule has 1 aliphatic carbocycles. The highest BCUT2D eigenvalue weighted by atomic mass is 16.2. The summed E-state index contributed by atoms with van der Waals surface area (Å²) in [6.45, 7) is 1.83. The fourth-order valence-electron chi connectivity index (χ4n) is 5.40. The number of amides is 1. The third kappa shape index (κ3) is 3.92. The number of anilines is 1. The number of likely N-dealkylation sites (tertiary alicyclic amines) is 1. The Labute approximate surface area is 203 Å². The highest BCUT2D eigenvalue weighted by molar-refractivity contribution is 5.99. The quantitative estimate of drug-likeness (QED) is 0.534. The van der Waals surface area contributed by atoms with Crippen LogP contribution in [0.4, 0.5) is 5.95 Å². The van der Waals surface area contributed by atoms with Crippen molar-refractivity contribution in [2.24, 2.45) is 5.92 Å². The molecular weight excluding hydrogens is 442 g/mol. The molecule has 0 bridgehead atoms. The number of aromatic nitrogens is 3. The van der Waals surface area contributed by atoms with Crippen LogP contribution in [-0.4, -0.2) is 56.3 Å². The van der Waals surface area contributed by atoms with Crippen LogP contribution in [0.2, 0.25) is 0 Å². The van der Waals surface area contributed by atoms with E-state index in [0.717, 1.165) is 24.8 Å². The molecule has 8 nitrogen and oxygen atoms in total. The van der Waals surface area contributed by atoms with E-state index in [9.17, 15) is 14.4 Å². The summed E-state index contributed by atoms with van der Waals surface area (Å²) in [7, 11) is 0. The lowest BCUT2D eigenvalue weighted by Crippen LogP contribution is -2.58. The van der Waals surface area contributed by atoms with E-state index in [0.29, 0.717) is 43.3 Å². The minimum atomic E-state index is -0.425. The molecule has 0 radical (unpaired) electrons. The zero-order chi connectivity index (χ0) is 24.0. The van der Waals surface area contributed by atoms with Crippen molar-refractivity contribution in [1.29, 1.82) is 0 Å². The van der Waals surface area contributed by atoms with E-state index >= 15 is 0 Å². The van der Waals surface area contributed by atoms with Gasteiger partial charge in [0.15, 0.2) is 5.78 Å². The molecule has 1 unspecified atom stereocenters. The van der Waals surface area contributed by atoms with Gasteiger partial charge in [-0.25, -0.2) is 4.98 Å². The molecule has 8 heteroatoms. The molecule has 0 N–H and O–H groups in total. The summed E-state index contributed by atoms with van der Waals surface area (Å²) in [6.07, 6.45) is 6.71. The second-order valence-electron chi connectivity index (χ2n) is 9.80. The van der Waals surface area contributed by atoms with E-state index in [1.165, 1.54) is 0 Å². The number of nitrogens with zero attached hydrogens (tertiary/aromatic N) is 5. The standard InChI is InChI=1S/C27H27N5O3/c33-23(20-4-2-1-3-5-20)17-32-26-29-22(19-8-12-28-13-9-19)16-24(34)31(26)15-11-27(32)10-14-30(18-27)25(35)21-6-7-21/h1-5,8-9,12-13,16,21H,6-7,10-11,14-15,17-18H2. The van der Waals surface area contributed by atoms with Crippen LogP contribution in [0.25, 0.3) is 11.3 Å². The number of fused-ring (bicyclic) bond motifs is 1. The molecule has 2 aliphatic heterocycles. The molecule has 2 aromatic heterocycles. The second-order valence-corrected chi connectivity index (χ2v) is 9.80. The van der Waals surface area contributed by atoms with Gasteiger partial charge in [-0.15, -0.1) is 0 Å². The molecule has 1 aromatic carbocycles. The minimum Gasteiger partial charge on any atom is -0.340 e. The first-order valence-electron chi connectivity index (χ1n) is 12.2. The number of Topliss-reactive ketones (excluding diaryl/α,β-unsaturated/α-hetero) is 1. The van der Waals surface area contributed by atoms with Gasteiger partial charge in [0.2, 0.25) is 11.9 Å². The third-order valence-corrected chi connectivity index (χ3v) is 7.55. The van der Waals surface area contributed by atoms with E-state index in [1.807, 2.05) is 52.3 Å². The molecule has 1 spiro atoms. The maximum absolute atomic E-state index is 13.4. The lowest BCUT2D eigenvalue weighted by atomic mass is 9.89. The Bertz CT molecular complexity index is 1340. The molecule has 1 amide bonds. The summed E-state index contributed by atoms with van der Waals surface area (Å²) >= 11 is 0. The van der Waals surface area contributed by atoms with Gasteiger partial charge in [-0.2, -0.15) is 0 Å². The van der Waals surface area contributed by atoms with Gasteiger partial charge in [-0.05, 0) is 37.8 Å². The Kier molecular flexibility index (Phi) is 5.24. The average Bonchev–Trinajstić information content (AvgIpc) is 3.66. The Balaban J connectivity index is 1.42. The topological polar surface area (TPSA) is 88.4 Å². The highest BCUT2D eigenvalue weighted by Gasteiger charge is 2.50. The monoisotopic (exact) mass is 469 g/mol. The number of ketones is 1. The maximum Gasteiger partial charge on any atom is 0.255 e. The highest BCUT2D eigenvalue weighted by Crippen LogP contribution is 2.41. The summed E-state index contributed by atoms with van der Waals surface area (Å²) in [5.41, 5.74) is 1.41. The molecule has 35 heavy (non-hydrogen) atoms. The first kappa shape index (κ1) is 21.7. The van der Waals surface area contributed by atoms with Crippen molar-refractivity contribution >= 4 is 17.6 Å². The van der Waals surface area contributed by atoms with Crippen molar-refractivity contribution in [1.82, 2.24) is 19.4 Å². The molecule has 2 fully saturated rings. The number of hydrogen-bond donors (Lipinski definition) is 0. The third-order valence-electron chi connectivity index (χ3n) is 7.55. The molecule has 178 valence electrons. The average molecular weight is 470 g/mol. The van der Waals surface area contributed by atoms with Crippen LogP contribution in [-0.2, 0) is 11.3 Å². The number of hydrogen-bond acceptors (Lipinski definition) is 6. The maximum atomic E-state index is 13.4. The predicted molar refractivity (Wildman–Crippen MR) is 131 cm³/mol. The number of rotatable bonds is 5. The number of carbonyl (C=O) groups is 2. The van der Waals surface area contributed by atoms with Crippen LogP contribution in [0.5, 0.6) is 0 Å². The van der Waals surface area contributed by atoms with Gasteiger partial charge in [0, 0.05) is 55.1 Å². The zero-order valence-corrected chi connectivity index (χ0v) is 19.5. The Morgan fingerprint density at radius 3 is 2.49 bits per heavy atom. The first-order chi connectivity index (χ1) is 17.0. The van der Waals surface area contributed by atoms with E-state index < -0.39 is 5.54 Å². The van der Waals surface area contributed by atoms with Gasteiger partial charge in [0.25, 0.3) is 5.56 Å². The first-order valence-corrected chi connectivity index (χ1v) is 12.2. The largest absolute Gasteiger partial charge is 0.340 e. The van der Waals surface area contributed by atoms with Crippen LogP contribution in [0.3, 0.4) is 0 Å². The minimum absolute atomic E-state index is 0.0334. The van der Waals surface area contributed by atoms with Crippen molar-refractivity contribution < 1.29 is 9.59 Å². The summed E-state index contributed by atoms with van der Waals surface area (Å²) in [5, 5.41) is 0. The SMILES string of the molecule is O=C(CN1c2nc(-c3ccncc3)cc(=O)n2CCC12CCN(C(=O)C1CC1)C2)c1ccccc1. The molecule has 3 aromatic rings. The normalized spacial score (nSPS) is 21.3. The van der Waals surface area contributed by atoms with Crippen molar-refractivity contribution in [2.45, 2.75) is 37.8 Å². The van der Waals surface area contributed by atoms with Crippen LogP contribution < -0.4 is 10.5 Å². The smallest absolute Gasteiger partial charge is 0.255 e. The fraction of sp³-hybridized carbons (Fsp3) is 0.370. The van der Waals surface area contributed by atoms with E-state index in [-0.39, 0.29) is 29.7 Å². The fourth-order valence-corrected chi connectivity index (χ4v) is 5.40. The van der Waals surface area contributed by atoms with Crippen molar-refractivity contribution in [3.8, 4) is 11.3 Å². The molecule has 1 atom stereocenters. The van der Waals surface area contributed by atoms with Crippen molar-refractivity contribution in [3.05, 3.63) is 76.8 Å². The molecule has 4 heterocycles. The molecule has 3 aliphatic rings. The van der Waals surface area contributed by atoms with Gasteiger partial charge in [0.1, 0.15) is 0 Å². The van der Waals surface area contributed by atoms with Crippen LogP contribution >= 0.6 is 0 Å². The molecule has 1 saturated carbocycles. The van der Waals surface area contributed by atoms with Gasteiger partial charge in [0.05, 0.1) is 17.8 Å². The van der Waals surface area contributed by atoms with Crippen LogP contribution in [0.15, 0.2) is 65.7 Å². The molecule has 1 saturated heterocycles. The second kappa shape index (κ2) is 8.45. The van der Waals surface area contributed by atoms with Crippen molar-refractivity contribution in [3.63, 3.8) is 0 Å². The summed E-state index contributed by atoms with van der Waals surface area (Å²) in [5.74, 6) is 0.839. The van der Waals surface area contributed by atoms with Crippen LogP contribution in [0.1, 0.15) is 36.0 Å². The lowest BCUT2D eigenvalue weighted by molar-refractivity contribution is -0.131. The van der Waals surface area contributed by atoms with Crippen LogP contribution in [0, 0.1) is 5.92 Å². The number of pyridine rings is 1. The van der Waals surface area contributed by atoms with Crippen molar-refractivity contribution in [2.75, 3.05) is 24.5 Å². The number of benzene rings is 1. The van der Waals surface area contributed by atoms with E-state index in [1.54, 1.807) is 23.0 Å². The van der Waals surface area contributed by atoms with E-state index in [2.05, 4.69) is 4.98 Å². The molecule has 6 rings (SSSR count). The van der Waals surface area contributed by atoms with E-state index in [4.69, 9.17) is 4.98 Å². The van der Waals surface area contributed by atoms with Gasteiger partial charge < -0.3 is 9.80 Å². The Morgan fingerprint density at radius 1 is 1.00 bits per heavy atom. The van der Waals surface area contributed by atoms with Gasteiger partial charge in [-0.3, -0.25) is 23.9 Å². The van der Waals surface area contributed by atoms with Gasteiger partial charge >= 0.3 is 0 Å². The summed E-state index contributed by atoms with van der Waals surface area (Å²) < 4.78 is 1.67. The lowest BCUT2D eigenvalue weighted by Gasteiger charge is -2.46.